The van der Waals surface area contributed by atoms with Crippen molar-refractivity contribution in [3.05, 3.63) is 0 Å². The minimum atomic E-state index is -0.0157. The molecule has 0 heterocycles. The zero-order valence-electron chi connectivity index (χ0n) is 9.30. The van der Waals surface area contributed by atoms with Crippen LogP contribution in [-0.4, -0.2) is 12.6 Å². The van der Waals surface area contributed by atoms with Crippen molar-refractivity contribution in [2.24, 2.45) is 11.8 Å². The van der Waals surface area contributed by atoms with Gasteiger partial charge in [-0.1, -0.05) is 27.2 Å². The maximum atomic E-state index is 11.4. The third-order valence-electron chi connectivity index (χ3n) is 2.01. The molecule has 0 aliphatic carbocycles. The second-order valence-corrected chi connectivity index (χ2v) is 3.87. The Morgan fingerprint density at radius 2 is 1.92 bits per heavy atom. The average Bonchev–Trinajstić information content (AvgIpc) is 2.03. The molecular formula is C11H22O2. The van der Waals surface area contributed by atoms with Crippen LogP contribution in [0.5, 0.6) is 0 Å². The van der Waals surface area contributed by atoms with E-state index in [9.17, 15) is 4.79 Å². The number of hydrogen-bond acceptors (Lipinski definition) is 2. The van der Waals surface area contributed by atoms with Gasteiger partial charge in [0.1, 0.15) is 0 Å². The summed E-state index contributed by atoms with van der Waals surface area (Å²) in [5.41, 5.74) is 0. The minimum Gasteiger partial charge on any atom is -0.466 e. The highest BCUT2D eigenvalue weighted by atomic mass is 16.5. The maximum absolute atomic E-state index is 11.4. The van der Waals surface area contributed by atoms with Crippen molar-refractivity contribution in [2.75, 3.05) is 6.61 Å². The van der Waals surface area contributed by atoms with Crippen LogP contribution >= 0.6 is 0 Å². The largest absolute Gasteiger partial charge is 0.466 e. The zero-order valence-corrected chi connectivity index (χ0v) is 9.30. The Morgan fingerprint density at radius 1 is 1.31 bits per heavy atom. The second-order valence-electron chi connectivity index (χ2n) is 3.87. The number of carbonyl (C=O) groups is 1. The lowest BCUT2D eigenvalue weighted by molar-refractivity contribution is -0.148. The van der Waals surface area contributed by atoms with Gasteiger partial charge in [0.2, 0.25) is 0 Å². The van der Waals surface area contributed by atoms with Crippen molar-refractivity contribution < 1.29 is 9.53 Å². The first kappa shape index (κ1) is 12.5. The van der Waals surface area contributed by atoms with E-state index in [4.69, 9.17) is 4.74 Å². The Kier molecular flexibility index (Phi) is 6.65. The van der Waals surface area contributed by atoms with Crippen LogP contribution in [0.4, 0.5) is 0 Å². The van der Waals surface area contributed by atoms with Gasteiger partial charge in [-0.2, -0.15) is 0 Å². The van der Waals surface area contributed by atoms with E-state index in [2.05, 4.69) is 20.8 Å². The molecule has 0 aliphatic heterocycles. The van der Waals surface area contributed by atoms with Gasteiger partial charge in [-0.3, -0.25) is 4.79 Å². The molecule has 0 saturated heterocycles. The lowest BCUT2D eigenvalue weighted by Gasteiger charge is -2.16. The van der Waals surface area contributed by atoms with Crippen LogP contribution in [0.3, 0.4) is 0 Å². The van der Waals surface area contributed by atoms with Crippen molar-refractivity contribution in [3.8, 4) is 0 Å². The van der Waals surface area contributed by atoms with E-state index >= 15 is 0 Å². The smallest absolute Gasteiger partial charge is 0.308 e. The fraction of sp³-hybridized carbons (Fsp3) is 0.909. The molecule has 1 atom stereocenters. The van der Waals surface area contributed by atoms with Crippen molar-refractivity contribution >= 4 is 5.97 Å². The first-order chi connectivity index (χ1) is 6.11. The normalized spacial score (nSPS) is 13.0. The van der Waals surface area contributed by atoms with E-state index in [0.29, 0.717) is 12.5 Å². The molecule has 0 bridgehead atoms. The Morgan fingerprint density at radius 3 is 2.31 bits per heavy atom. The van der Waals surface area contributed by atoms with Crippen molar-refractivity contribution in [3.63, 3.8) is 0 Å². The molecule has 2 heteroatoms. The van der Waals surface area contributed by atoms with Crippen molar-refractivity contribution in [2.45, 2.75) is 47.0 Å². The predicted molar refractivity (Wildman–Crippen MR) is 54.5 cm³/mol. The van der Waals surface area contributed by atoms with Gasteiger partial charge in [-0.05, 0) is 25.7 Å². The molecular weight excluding hydrogens is 164 g/mol. The van der Waals surface area contributed by atoms with Gasteiger partial charge in [0.05, 0.1) is 12.5 Å². The number of rotatable bonds is 6. The van der Waals surface area contributed by atoms with Gasteiger partial charge in [-0.15, -0.1) is 0 Å². The third-order valence-corrected chi connectivity index (χ3v) is 2.01. The molecule has 78 valence electrons. The first-order valence-electron chi connectivity index (χ1n) is 5.28. The van der Waals surface area contributed by atoms with Gasteiger partial charge in [0.15, 0.2) is 0 Å². The summed E-state index contributed by atoms with van der Waals surface area (Å²) >= 11 is 0. The molecule has 0 fully saturated rings. The topological polar surface area (TPSA) is 26.3 Å². The molecule has 0 saturated carbocycles. The molecule has 1 unspecified atom stereocenters. The van der Waals surface area contributed by atoms with Crippen LogP contribution in [0.1, 0.15) is 47.0 Å². The average molecular weight is 186 g/mol. The fourth-order valence-corrected chi connectivity index (χ4v) is 1.51. The molecule has 0 aromatic rings. The minimum absolute atomic E-state index is 0.0157. The van der Waals surface area contributed by atoms with Gasteiger partial charge in [0, 0.05) is 0 Å². The lowest BCUT2D eigenvalue weighted by Crippen LogP contribution is -2.19. The number of hydrogen-bond donors (Lipinski definition) is 0. The molecule has 0 aromatic heterocycles. The van der Waals surface area contributed by atoms with Crippen LogP contribution in [0.15, 0.2) is 0 Å². The molecule has 0 amide bonds. The van der Waals surface area contributed by atoms with Gasteiger partial charge in [0.25, 0.3) is 0 Å². The summed E-state index contributed by atoms with van der Waals surface area (Å²) in [6, 6.07) is 0. The van der Waals surface area contributed by atoms with E-state index in [1.807, 2.05) is 6.92 Å². The number of carbonyl (C=O) groups excluding carboxylic acids is 1. The summed E-state index contributed by atoms with van der Waals surface area (Å²) in [6.45, 7) is 8.74. The quantitative estimate of drug-likeness (QED) is 0.596. The van der Waals surface area contributed by atoms with E-state index in [1.54, 1.807) is 0 Å². The molecule has 0 N–H and O–H groups in total. The molecule has 0 rings (SSSR count). The fourth-order valence-electron chi connectivity index (χ4n) is 1.51. The van der Waals surface area contributed by atoms with E-state index in [1.165, 1.54) is 0 Å². The molecule has 0 radical (unpaired) electrons. The maximum Gasteiger partial charge on any atom is 0.308 e. The molecule has 0 aliphatic rings. The summed E-state index contributed by atoms with van der Waals surface area (Å²) in [5.74, 6) is 0.670. The van der Waals surface area contributed by atoms with E-state index < -0.39 is 0 Å². The van der Waals surface area contributed by atoms with Gasteiger partial charge in [-0.25, -0.2) is 0 Å². The Balaban J connectivity index is 3.98. The zero-order chi connectivity index (χ0) is 10.3. The SMILES string of the molecule is CCCC(CC(C)C)C(=O)OCC. The molecule has 13 heavy (non-hydrogen) atoms. The predicted octanol–water partition coefficient (Wildman–Crippen LogP) is 3.01. The summed E-state index contributed by atoms with van der Waals surface area (Å²) in [6.07, 6.45) is 2.96. The number of esters is 1. The van der Waals surface area contributed by atoms with E-state index in [0.717, 1.165) is 19.3 Å². The highest BCUT2D eigenvalue weighted by molar-refractivity contribution is 5.72. The summed E-state index contributed by atoms with van der Waals surface area (Å²) in [5, 5.41) is 0. The summed E-state index contributed by atoms with van der Waals surface area (Å²) < 4.78 is 5.02. The lowest BCUT2D eigenvalue weighted by atomic mass is 9.93. The Hall–Kier alpha value is -0.530. The third kappa shape index (κ3) is 5.67. The first-order valence-corrected chi connectivity index (χ1v) is 5.28. The van der Waals surface area contributed by atoms with Gasteiger partial charge >= 0.3 is 5.97 Å². The van der Waals surface area contributed by atoms with Crippen molar-refractivity contribution in [1.29, 1.82) is 0 Å². The number of ether oxygens (including phenoxy) is 1. The second kappa shape index (κ2) is 6.93. The van der Waals surface area contributed by atoms with Crippen LogP contribution in [0.2, 0.25) is 0 Å². The molecule has 2 nitrogen and oxygen atoms in total. The molecule has 0 aromatic carbocycles. The summed E-state index contributed by atoms with van der Waals surface area (Å²) in [4.78, 5) is 11.4. The van der Waals surface area contributed by atoms with Crippen molar-refractivity contribution in [1.82, 2.24) is 0 Å². The van der Waals surface area contributed by atoms with Crippen LogP contribution < -0.4 is 0 Å². The van der Waals surface area contributed by atoms with Crippen LogP contribution in [0.25, 0.3) is 0 Å². The van der Waals surface area contributed by atoms with Gasteiger partial charge < -0.3 is 4.74 Å². The monoisotopic (exact) mass is 186 g/mol. The standard InChI is InChI=1S/C11H22O2/c1-5-7-10(8-9(3)4)11(12)13-6-2/h9-10H,5-8H2,1-4H3. The molecule has 0 spiro atoms. The highest BCUT2D eigenvalue weighted by Crippen LogP contribution is 2.18. The van der Waals surface area contributed by atoms with Crippen LogP contribution in [0, 0.1) is 11.8 Å². The Labute approximate surface area is 81.7 Å². The Bertz CT molecular complexity index is 141. The summed E-state index contributed by atoms with van der Waals surface area (Å²) in [7, 11) is 0. The van der Waals surface area contributed by atoms with Crippen LogP contribution in [-0.2, 0) is 9.53 Å². The highest BCUT2D eigenvalue weighted by Gasteiger charge is 2.19. The van der Waals surface area contributed by atoms with E-state index in [-0.39, 0.29) is 11.9 Å².